The fourth-order valence-electron chi connectivity index (χ4n) is 3.16. The van der Waals surface area contributed by atoms with Crippen molar-refractivity contribution in [2.24, 2.45) is 5.10 Å². The molecule has 1 amide bonds. The van der Waals surface area contributed by atoms with Crippen molar-refractivity contribution in [3.63, 3.8) is 0 Å². The maximum Gasteiger partial charge on any atom is 0.250 e. The molecule has 1 N–H and O–H groups in total. The lowest BCUT2D eigenvalue weighted by Gasteiger charge is -2.10. The summed E-state index contributed by atoms with van der Waals surface area (Å²) in [6.45, 7) is 4.06. The summed E-state index contributed by atoms with van der Waals surface area (Å²) in [5, 5.41) is 13.5. The number of nitrogens with zero attached hydrogens (tertiary/aromatic N) is 4. The van der Waals surface area contributed by atoms with Crippen LogP contribution in [-0.2, 0) is 4.79 Å². The summed E-state index contributed by atoms with van der Waals surface area (Å²) in [6.07, 6.45) is 1.64. The van der Waals surface area contributed by atoms with Crippen LogP contribution in [0, 0.1) is 13.8 Å². The van der Waals surface area contributed by atoms with Gasteiger partial charge in [0.05, 0.1) is 12.0 Å². The van der Waals surface area contributed by atoms with Gasteiger partial charge in [-0.05, 0) is 31.5 Å². The molecule has 0 spiro atoms. The van der Waals surface area contributed by atoms with Gasteiger partial charge in [0, 0.05) is 11.3 Å². The van der Waals surface area contributed by atoms with E-state index in [-0.39, 0.29) is 11.7 Å². The highest BCUT2D eigenvalue weighted by molar-refractivity contribution is 7.99. The second-order valence-corrected chi connectivity index (χ2v) is 8.28. The molecule has 4 aromatic rings. The van der Waals surface area contributed by atoms with Gasteiger partial charge in [-0.15, -0.1) is 10.2 Å². The lowest BCUT2D eigenvalue weighted by molar-refractivity contribution is -0.118. The Kier molecular flexibility index (Phi) is 6.77. The molecule has 0 aliphatic heterocycles. The highest BCUT2D eigenvalue weighted by atomic mass is 32.2. The summed E-state index contributed by atoms with van der Waals surface area (Å²) in [7, 11) is 0. The van der Waals surface area contributed by atoms with Gasteiger partial charge in [-0.2, -0.15) is 5.10 Å². The van der Waals surface area contributed by atoms with E-state index in [1.165, 1.54) is 17.3 Å². The number of aryl methyl sites for hydroxylation is 2. The molecular weight excluding hydrogens is 418 g/mol. The number of carbonyl (C=O) groups excluding carboxylic acids is 1. The van der Waals surface area contributed by atoms with Gasteiger partial charge in [-0.3, -0.25) is 9.36 Å². The second-order valence-electron chi connectivity index (χ2n) is 7.34. The quantitative estimate of drug-likeness (QED) is 0.254. The molecule has 0 fully saturated rings. The molecule has 1 aromatic heterocycles. The van der Waals surface area contributed by atoms with E-state index in [0.717, 1.165) is 28.2 Å². The van der Waals surface area contributed by atoms with Gasteiger partial charge in [0.25, 0.3) is 5.91 Å². The Morgan fingerprint density at radius 2 is 1.75 bits per heavy atom. The molecule has 32 heavy (non-hydrogen) atoms. The molecule has 1 heterocycles. The van der Waals surface area contributed by atoms with E-state index < -0.39 is 0 Å². The predicted molar refractivity (Wildman–Crippen MR) is 129 cm³/mol. The van der Waals surface area contributed by atoms with Crippen molar-refractivity contribution in [1.82, 2.24) is 20.2 Å². The van der Waals surface area contributed by atoms with Crippen LogP contribution in [0.5, 0.6) is 0 Å². The number of carbonyl (C=O) groups is 1. The molecule has 0 atom stereocenters. The summed E-state index contributed by atoms with van der Waals surface area (Å²) in [6, 6.07) is 26.0. The van der Waals surface area contributed by atoms with Crippen molar-refractivity contribution in [3.05, 3.63) is 95.6 Å². The van der Waals surface area contributed by atoms with E-state index in [2.05, 4.69) is 20.7 Å². The minimum absolute atomic E-state index is 0.171. The van der Waals surface area contributed by atoms with Crippen LogP contribution in [0.1, 0.15) is 16.7 Å². The fraction of sp³-hybridized carbons (Fsp3) is 0.120. The van der Waals surface area contributed by atoms with Gasteiger partial charge in [0.1, 0.15) is 0 Å². The molecule has 0 saturated carbocycles. The number of benzene rings is 3. The second kappa shape index (κ2) is 10.1. The largest absolute Gasteiger partial charge is 0.272 e. The first-order chi connectivity index (χ1) is 15.6. The Morgan fingerprint density at radius 1 is 0.969 bits per heavy atom. The topological polar surface area (TPSA) is 72.2 Å². The zero-order valence-corrected chi connectivity index (χ0v) is 18.7. The molecule has 0 saturated heterocycles. The molecule has 3 aromatic carbocycles. The number of nitrogens with one attached hydrogen (secondary N) is 1. The van der Waals surface area contributed by atoms with Crippen LogP contribution in [0.2, 0.25) is 0 Å². The van der Waals surface area contributed by atoms with Crippen LogP contribution in [0.4, 0.5) is 0 Å². The molecule has 7 heteroatoms. The molecular formula is C25H23N5OS. The molecule has 0 aliphatic carbocycles. The normalized spacial score (nSPS) is 11.1. The van der Waals surface area contributed by atoms with Crippen molar-refractivity contribution in [3.8, 4) is 17.1 Å². The van der Waals surface area contributed by atoms with E-state index in [9.17, 15) is 4.79 Å². The number of amides is 1. The SMILES string of the molecule is Cc1ccc(-n2c(SCC(=O)NN=Cc3cccc(C)c3)nnc2-c2ccccc2)cc1. The maximum absolute atomic E-state index is 12.3. The van der Waals surface area contributed by atoms with Crippen LogP contribution < -0.4 is 5.43 Å². The van der Waals surface area contributed by atoms with Gasteiger partial charge in [0.15, 0.2) is 11.0 Å². The Labute approximate surface area is 191 Å². The standard InChI is InChI=1S/C25H23N5OS/c1-18-11-13-22(14-12-18)30-24(21-9-4-3-5-10-21)28-29-25(30)32-17-23(31)27-26-16-20-8-6-7-19(2)15-20/h3-16H,17H2,1-2H3,(H,27,31). The smallest absolute Gasteiger partial charge is 0.250 e. The number of rotatable bonds is 7. The van der Waals surface area contributed by atoms with Gasteiger partial charge in [0.2, 0.25) is 0 Å². The van der Waals surface area contributed by atoms with Gasteiger partial charge in [-0.1, -0.05) is 89.6 Å². The van der Waals surface area contributed by atoms with Crippen molar-refractivity contribution in [1.29, 1.82) is 0 Å². The summed E-state index contributed by atoms with van der Waals surface area (Å²) >= 11 is 1.32. The predicted octanol–water partition coefficient (Wildman–Crippen LogP) is 4.79. The lowest BCUT2D eigenvalue weighted by Crippen LogP contribution is -2.20. The Morgan fingerprint density at radius 3 is 2.50 bits per heavy atom. The first-order valence-electron chi connectivity index (χ1n) is 10.2. The zero-order chi connectivity index (χ0) is 22.3. The number of hydrogen-bond acceptors (Lipinski definition) is 5. The number of thioether (sulfide) groups is 1. The fourth-order valence-corrected chi connectivity index (χ4v) is 3.90. The van der Waals surface area contributed by atoms with E-state index >= 15 is 0 Å². The molecule has 6 nitrogen and oxygen atoms in total. The minimum Gasteiger partial charge on any atom is -0.272 e. The van der Waals surface area contributed by atoms with E-state index in [1.54, 1.807) is 6.21 Å². The molecule has 0 aliphatic rings. The zero-order valence-electron chi connectivity index (χ0n) is 17.9. The highest BCUT2D eigenvalue weighted by Crippen LogP contribution is 2.28. The lowest BCUT2D eigenvalue weighted by atomic mass is 10.2. The van der Waals surface area contributed by atoms with Crippen LogP contribution in [-0.4, -0.2) is 32.6 Å². The third kappa shape index (κ3) is 5.31. The van der Waals surface area contributed by atoms with Crippen molar-refractivity contribution >= 4 is 23.9 Å². The Bertz CT molecular complexity index is 1230. The number of hydrazone groups is 1. The minimum atomic E-state index is -0.210. The van der Waals surface area contributed by atoms with E-state index in [1.807, 2.05) is 97.3 Å². The van der Waals surface area contributed by atoms with Gasteiger partial charge < -0.3 is 0 Å². The first kappa shape index (κ1) is 21.5. The maximum atomic E-state index is 12.3. The van der Waals surface area contributed by atoms with E-state index in [4.69, 9.17) is 0 Å². The number of hydrogen-bond donors (Lipinski definition) is 1. The molecule has 0 unspecified atom stereocenters. The van der Waals surface area contributed by atoms with Gasteiger partial charge >= 0.3 is 0 Å². The van der Waals surface area contributed by atoms with Gasteiger partial charge in [-0.25, -0.2) is 5.43 Å². The van der Waals surface area contributed by atoms with Crippen LogP contribution in [0.25, 0.3) is 17.1 Å². The average molecular weight is 442 g/mol. The average Bonchev–Trinajstić information content (AvgIpc) is 3.23. The highest BCUT2D eigenvalue weighted by Gasteiger charge is 2.17. The van der Waals surface area contributed by atoms with Crippen molar-refractivity contribution in [2.45, 2.75) is 19.0 Å². The van der Waals surface area contributed by atoms with Crippen LogP contribution >= 0.6 is 11.8 Å². The third-order valence-corrected chi connectivity index (χ3v) is 5.66. The summed E-state index contributed by atoms with van der Waals surface area (Å²) in [5.74, 6) is 0.692. The van der Waals surface area contributed by atoms with E-state index in [0.29, 0.717) is 5.16 Å². The summed E-state index contributed by atoms with van der Waals surface area (Å²) < 4.78 is 1.97. The Balaban J connectivity index is 1.50. The van der Waals surface area contributed by atoms with Crippen LogP contribution in [0.15, 0.2) is 89.1 Å². The monoisotopic (exact) mass is 441 g/mol. The molecule has 0 radical (unpaired) electrons. The van der Waals surface area contributed by atoms with Crippen molar-refractivity contribution < 1.29 is 4.79 Å². The third-order valence-electron chi connectivity index (χ3n) is 4.73. The molecule has 4 rings (SSSR count). The summed E-state index contributed by atoms with van der Waals surface area (Å²) in [5.41, 5.74) is 7.72. The molecule has 0 bridgehead atoms. The first-order valence-corrected chi connectivity index (χ1v) is 11.2. The Hall–Kier alpha value is -3.71. The molecule has 160 valence electrons. The van der Waals surface area contributed by atoms with Crippen molar-refractivity contribution in [2.75, 3.05) is 5.75 Å². The number of aromatic nitrogens is 3. The van der Waals surface area contributed by atoms with Crippen LogP contribution in [0.3, 0.4) is 0 Å². The summed E-state index contributed by atoms with van der Waals surface area (Å²) in [4.78, 5) is 12.3.